The van der Waals surface area contributed by atoms with Crippen molar-refractivity contribution in [1.82, 2.24) is 10.6 Å². The number of unbranched alkanes of at least 4 members (excludes halogenated alkanes) is 1. The molecule has 0 heterocycles. The van der Waals surface area contributed by atoms with E-state index < -0.39 is 5.54 Å². The fraction of sp³-hybridized carbons (Fsp3) is 0.929. The van der Waals surface area contributed by atoms with Crippen LogP contribution in [-0.2, 0) is 4.79 Å². The van der Waals surface area contributed by atoms with Crippen LogP contribution in [-0.4, -0.2) is 24.5 Å². The predicted molar refractivity (Wildman–Crippen MR) is 74.1 cm³/mol. The van der Waals surface area contributed by atoms with E-state index in [0.29, 0.717) is 12.5 Å². The quantitative estimate of drug-likeness (QED) is 0.653. The molecule has 0 aromatic rings. The Hall–Kier alpha value is -0.570. The summed E-state index contributed by atoms with van der Waals surface area (Å²) in [5.41, 5.74) is -0.407. The van der Waals surface area contributed by atoms with Gasteiger partial charge in [-0.15, -0.1) is 0 Å². The van der Waals surface area contributed by atoms with Gasteiger partial charge in [0, 0.05) is 6.54 Å². The van der Waals surface area contributed by atoms with Crippen LogP contribution in [0.2, 0.25) is 0 Å². The van der Waals surface area contributed by atoms with Crippen LogP contribution in [0, 0.1) is 5.92 Å². The molecule has 2 N–H and O–H groups in total. The summed E-state index contributed by atoms with van der Waals surface area (Å²) < 4.78 is 0. The second-order valence-electron chi connectivity index (χ2n) is 5.19. The molecular weight excluding hydrogens is 212 g/mol. The minimum Gasteiger partial charge on any atom is -0.355 e. The van der Waals surface area contributed by atoms with E-state index in [1.807, 2.05) is 13.8 Å². The van der Waals surface area contributed by atoms with Crippen molar-refractivity contribution in [2.24, 2.45) is 5.92 Å². The topological polar surface area (TPSA) is 41.1 Å². The molecule has 2 atom stereocenters. The van der Waals surface area contributed by atoms with Gasteiger partial charge < -0.3 is 10.6 Å². The second kappa shape index (κ2) is 8.51. The molecule has 0 bridgehead atoms. The van der Waals surface area contributed by atoms with Crippen molar-refractivity contribution in [1.29, 1.82) is 0 Å². The summed E-state index contributed by atoms with van der Waals surface area (Å²) in [6.07, 6.45) is 4.26. The lowest BCUT2D eigenvalue weighted by Crippen LogP contribution is -2.55. The average Bonchev–Trinajstić information content (AvgIpc) is 2.33. The molecule has 3 heteroatoms. The van der Waals surface area contributed by atoms with Crippen LogP contribution in [0.15, 0.2) is 0 Å². The highest BCUT2D eigenvalue weighted by molar-refractivity contribution is 5.85. The van der Waals surface area contributed by atoms with Gasteiger partial charge in [-0.05, 0) is 32.7 Å². The molecule has 0 aliphatic carbocycles. The predicted octanol–water partition coefficient (Wildman–Crippen LogP) is 2.71. The highest BCUT2D eigenvalue weighted by atomic mass is 16.2. The van der Waals surface area contributed by atoms with E-state index in [1.165, 1.54) is 0 Å². The molecule has 0 saturated heterocycles. The van der Waals surface area contributed by atoms with Crippen LogP contribution in [0.5, 0.6) is 0 Å². The van der Waals surface area contributed by atoms with Gasteiger partial charge in [0.05, 0.1) is 5.54 Å². The van der Waals surface area contributed by atoms with Gasteiger partial charge >= 0.3 is 0 Å². The van der Waals surface area contributed by atoms with Gasteiger partial charge in [-0.3, -0.25) is 4.79 Å². The van der Waals surface area contributed by atoms with Gasteiger partial charge in [0.15, 0.2) is 0 Å². The molecule has 1 amide bonds. The lowest BCUT2D eigenvalue weighted by Gasteiger charge is -2.31. The Morgan fingerprint density at radius 3 is 2.41 bits per heavy atom. The van der Waals surface area contributed by atoms with Gasteiger partial charge in [0.1, 0.15) is 0 Å². The third-order valence-corrected chi connectivity index (χ3v) is 3.41. The maximum absolute atomic E-state index is 12.1. The monoisotopic (exact) mass is 242 g/mol. The first-order valence-corrected chi connectivity index (χ1v) is 7.03. The van der Waals surface area contributed by atoms with E-state index in [1.54, 1.807) is 0 Å². The molecule has 0 aromatic heterocycles. The second-order valence-corrected chi connectivity index (χ2v) is 5.19. The normalized spacial score (nSPS) is 16.3. The van der Waals surface area contributed by atoms with Gasteiger partial charge in [0.2, 0.25) is 5.91 Å². The first-order valence-electron chi connectivity index (χ1n) is 7.03. The molecule has 102 valence electrons. The Morgan fingerprint density at radius 2 is 1.94 bits per heavy atom. The third kappa shape index (κ3) is 6.06. The smallest absolute Gasteiger partial charge is 0.240 e. The zero-order chi connectivity index (χ0) is 13.3. The zero-order valence-corrected chi connectivity index (χ0v) is 12.2. The van der Waals surface area contributed by atoms with Crippen molar-refractivity contribution in [3.63, 3.8) is 0 Å². The molecule has 0 spiro atoms. The largest absolute Gasteiger partial charge is 0.355 e. The molecule has 0 aliphatic heterocycles. The molecule has 2 unspecified atom stereocenters. The van der Waals surface area contributed by atoms with Gasteiger partial charge in [-0.1, -0.05) is 40.0 Å². The average molecular weight is 242 g/mol. The third-order valence-electron chi connectivity index (χ3n) is 3.41. The molecule has 3 nitrogen and oxygen atoms in total. The van der Waals surface area contributed by atoms with E-state index in [0.717, 1.165) is 32.2 Å². The Kier molecular flexibility index (Phi) is 8.23. The van der Waals surface area contributed by atoms with Crippen LogP contribution in [0.25, 0.3) is 0 Å². The molecule has 0 rings (SSSR count). The first kappa shape index (κ1) is 16.4. The van der Waals surface area contributed by atoms with Crippen molar-refractivity contribution in [2.75, 3.05) is 13.1 Å². The van der Waals surface area contributed by atoms with E-state index in [9.17, 15) is 4.79 Å². The number of hydrogen-bond acceptors (Lipinski definition) is 2. The highest BCUT2D eigenvalue weighted by Crippen LogP contribution is 2.15. The van der Waals surface area contributed by atoms with E-state index in [-0.39, 0.29) is 5.91 Å². The van der Waals surface area contributed by atoms with Gasteiger partial charge in [-0.2, -0.15) is 0 Å². The molecule has 0 aromatic carbocycles. The number of hydrogen-bond donors (Lipinski definition) is 2. The minimum atomic E-state index is -0.407. The van der Waals surface area contributed by atoms with Crippen LogP contribution in [0.4, 0.5) is 0 Å². The number of carbonyl (C=O) groups excluding carboxylic acids is 1. The van der Waals surface area contributed by atoms with Crippen molar-refractivity contribution in [3.05, 3.63) is 0 Å². The molecular formula is C14H30N2O. The minimum absolute atomic E-state index is 0.136. The fourth-order valence-corrected chi connectivity index (χ4v) is 1.71. The SMILES string of the molecule is CCCCC(C)(NCC(C)CC)C(=O)NCC. The van der Waals surface area contributed by atoms with Crippen molar-refractivity contribution in [3.8, 4) is 0 Å². The van der Waals surface area contributed by atoms with Crippen LogP contribution in [0.3, 0.4) is 0 Å². The maximum Gasteiger partial charge on any atom is 0.240 e. The maximum atomic E-state index is 12.1. The number of likely N-dealkylation sites (N-methyl/N-ethyl adjacent to an activating group) is 1. The number of nitrogens with one attached hydrogen (secondary N) is 2. The molecule has 0 aliphatic rings. The Labute approximate surface area is 107 Å². The number of rotatable bonds is 9. The summed E-state index contributed by atoms with van der Waals surface area (Å²) in [4.78, 5) is 12.1. The van der Waals surface area contributed by atoms with Crippen LogP contribution < -0.4 is 10.6 Å². The molecule has 0 saturated carbocycles. The Morgan fingerprint density at radius 1 is 1.29 bits per heavy atom. The zero-order valence-electron chi connectivity index (χ0n) is 12.2. The van der Waals surface area contributed by atoms with Crippen LogP contribution in [0.1, 0.15) is 60.3 Å². The molecule has 0 radical (unpaired) electrons. The summed E-state index contributed by atoms with van der Waals surface area (Å²) in [7, 11) is 0. The first-order chi connectivity index (χ1) is 8.00. The fourth-order valence-electron chi connectivity index (χ4n) is 1.71. The molecule has 17 heavy (non-hydrogen) atoms. The number of carbonyl (C=O) groups is 1. The van der Waals surface area contributed by atoms with Gasteiger partial charge in [0.25, 0.3) is 0 Å². The molecule has 0 fully saturated rings. The Bertz CT molecular complexity index is 218. The highest BCUT2D eigenvalue weighted by Gasteiger charge is 2.31. The summed E-state index contributed by atoms with van der Waals surface area (Å²) in [6, 6.07) is 0. The van der Waals surface area contributed by atoms with Crippen molar-refractivity contribution < 1.29 is 4.79 Å². The standard InChI is InChI=1S/C14H30N2O/c1-6-9-10-14(5,13(17)15-8-3)16-11-12(4)7-2/h12,16H,6-11H2,1-5H3,(H,15,17). The lowest BCUT2D eigenvalue weighted by atomic mass is 9.92. The summed E-state index contributed by atoms with van der Waals surface area (Å²) in [5.74, 6) is 0.752. The van der Waals surface area contributed by atoms with E-state index in [2.05, 4.69) is 31.4 Å². The van der Waals surface area contributed by atoms with E-state index >= 15 is 0 Å². The van der Waals surface area contributed by atoms with Gasteiger partial charge in [-0.25, -0.2) is 0 Å². The van der Waals surface area contributed by atoms with Crippen molar-refractivity contribution >= 4 is 5.91 Å². The lowest BCUT2D eigenvalue weighted by molar-refractivity contribution is -0.127. The summed E-state index contributed by atoms with van der Waals surface area (Å²) >= 11 is 0. The Balaban J connectivity index is 4.42. The van der Waals surface area contributed by atoms with Crippen LogP contribution >= 0.6 is 0 Å². The summed E-state index contributed by atoms with van der Waals surface area (Å²) in [6.45, 7) is 12.2. The van der Waals surface area contributed by atoms with Crippen molar-refractivity contribution in [2.45, 2.75) is 65.8 Å². The summed E-state index contributed by atoms with van der Waals surface area (Å²) in [5, 5.41) is 6.39. The van der Waals surface area contributed by atoms with E-state index in [4.69, 9.17) is 0 Å². The number of amides is 1.